The molecule has 4 heteroatoms. The maximum atomic E-state index is 11.3. The number of allylic oxidation sites excluding steroid dienone is 2. The van der Waals surface area contributed by atoms with Crippen molar-refractivity contribution in [2.24, 2.45) is 5.10 Å². The van der Waals surface area contributed by atoms with Gasteiger partial charge in [0.1, 0.15) is 5.69 Å². The molecule has 0 saturated heterocycles. The molecule has 0 spiro atoms. The number of hydrogen-bond donors (Lipinski definition) is 1. The Morgan fingerprint density at radius 1 is 1.57 bits per heavy atom. The van der Waals surface area contributed by atoms with Crippen LogP contribution in [0.25, 0.3) is 0 Å². The normalized spacial score (nSPS) is 10.9. The molecule has 1 N–H and O–H groups in total. The first-order chi connectivity index (χ1) is 6.84. The van der Waals surface area contributed by atoms with E-state index in [4.69, 9.17) is 0 Å². The molecule has 0 radical (unpaired) electrons. The maximum Gasteiger partial charge on any atom is 0.289 e. The molecule has 0 aliphatic heterocycles. The zero-order valence-electron chi connectivity index (χ0n) is 7.84. The van der Waals surface area contributed by atoms with Gasteiger partial charge in [-0.15, -0.1) is 0 Å². The van der Waals surface area contributed by atoms with Crippen molar-refractivity contribution >= 4 is 12.1 Å². The Hall–Kier alpha value is -1.97. The van der Waals surface area contributed by atoms with E-state index < -0.39 is 0 Å². The van der Waals surface area contributed by atoms with E-state index in [0.717, 1.165) is 0 Å². The number of nitrogens with one attached hydrogen (secondary N) is 1. The number of hydrazone groups is 1. The largest absolute Gasteiger partial charge is 0.289 e. The summed E-state index contributed by atoms with van der Waals surface area (Å²) in [7, 11) is 0. The Morgan fingerprint density at radius 2 is 2.43 bits per heavy atom. The van der Waals surface area contributed by atoms with Crippen LogP contribution >= 0.6 is 0 Å². The Bertz CT molecular complexity index is 344. The third-order valence-electron chi connectivity index (χ3n) is 1.42. The summed E-state index contributed by atoms with van der Waals surface area (Å²) in [6.07, 6.45) is 6.60. The van der Waals surface area contributed by atoms with Crippen LogP contribution in [0.3, 0.4) is 0 Å². The third-order valence-corrected chi connectivity index (χ3v) is 1.42. The summed E-state index contributed by atoms with van der Waals surface area (Å²) in [5.41, 5.74) is 2.70. The van der Waals surface area contributed by atoms with Gasteiger partial charge in [0.05, 0.1) is 0 Å². The van der Waals surface area contributed by atoms with Crippen molar-refractivity contribution in [1.29, 1.82) is 0 Å². The Balaban J connectivity index is 2.52. The lowest BCUT2D eigenvalue weighted by Crippen LogP contribution is -2.18. The number of carbonyl (C=O) groups is 1. The molecule has 0 aliphatic carbocycles. The zero-order valence-corrected chi connectivity index (χ0v) is 7.84. The quantitative estimate of drug-likeness (QED) is 0.576. The molecule has 72 valence electrons. The number of pyridine rings is 1. The molecular weight excluding hydrogens is 178 g/mol. The van der Waals surface area contributed by atoms with Crippen molar-refractivity contribution in [2.75, 3.05) is 0 Å². The number of nitrogens with zero attached hydrogens (tertiary/aromatic N) is 2. The SMILES string of the molecule is CC=CC=NNC(=O)c1ccccn1. The summed E-state index contributed by atoms with van der Waals surface area (Å²) < 4.78 is 0. The number of hydrogen-bond acceptors (Lipinski definition) is 3. The van der Waals surface area contributed by atoms with Gasteiger partial charge >= 0.3 is 0 Å². The fourth-order valence-corrected chi connectivity index (χ4v) is 0.779. The number of carbonyl (C=O) groups excluding carboxylic acids is 1. The van der Waals surface area contributed by atoms with Crippen molar-refractivity contribution in [2.45, 2.75) is 6.92 Å². The predicted octanol–water partition coefficient (Wildman–Crippen LogP) is 1.37. The first-order valence-electron chi connectivity index (χ1n) is 4.20. The predicted molar refractivity (Wildman–Crippen MR) is 55.0 cm³/mol. The van der Waals surface area contributed by atoms with Crippen molar-refractivity contribution in [3.8, 4) is 0 Å². The molecular formula is C10H11N3O. The highest BCUT2D eigenvalue weighted by atomic mass is 16.2. The van der Waals surface area contributed by atoms with Gasteiger partial charge < -0.3 is 0 Å². The van der Waals surface area contributed by atoms with E-state index in [9.17, 15) is 4.79 Å². The Kier molecular flexibility index (Phi) is 4.07. The Morgan fingerprint density at radius 3 is 3.07 bits per heavy atom. The second kappa shape index (κ2) is 5.64. The van der Waals surface area contributed by atoms with Crippen molar-refractivity contribution < 1.29 is 4.79 Å². The van der Waals surface area contributed by atoms with Crippen LogP contribution in [0.2, 0.25) is 0 Å². The molecule has 0 saturated carbocycles. The second-order valence-electron chi connectivity index (χ2n) is 2.46. The lowest BCUT2D eigenvalue weighted by molar-refractivity contribution is 0.0950. The minimum absolute atomic E-state index is 0.314. The van der Waals surface area contributed by atoms with E-state index >= 15 is 0 Å². The number of amides is 1. The highest BCUT2D eigenvalue weighted by molar-refractivity contribution is 5.92. The lowest BCUT2D eigenvalue weighted by Gasteiger charge is -1.96. The monoisotopic (exact) mass is 189 g/mol. The van der Waals surface area contributed by atoms with Crippen molar-refractivity contribution in [1.82, 2.24) is 10.4 Å². The smallest absolute Gasteiger partial charge is 0.266 e. The zero-order chi connectivity index (χ0) is 10.2. The molecule has 1 aromatic rings. The standard InChI is InChI=1S/C10H11N3O/c1-2-3-8-12-13-10(14)9-6-4-5-7-11-9/h2-8H,1H3,(H,13,14). The van der Waals surface area contributed by atoms with Gasteiger partial charge in [0.15, 0.2) is 0 Å². The van der Waals surface area contributed by atoms with Crippen LogP contribution in [0, 0.1) is 0 Å². The highest BCUT2D eigenvalue weighted by Crippen LogP contribution is 1.91. The summed E-state index contributed by atoms with van der Waals surface area (Å²) in [6, 6.07) is 5.12. The van der Waals surface area contributed by atoms with Gasteiger partial charge in [0.25, 0.3) is 5.91 Å². The summed E-state index contributed by atoms with van der Waals surface area (Å²) in [6.45, 7) is 1.87. The van der Waals surface area contributed by atoms with Crippen LogP contribution < -0.4 is 5.43 Å². The lowest BCUT2D eigenvalue weighted by atomic mass is 10.3. The van der Waals surface area contributed by atoms with Gasteiger partial charge in [-0.2, -0.15) is 5.10 Å². The summed E-state index contributed by atoms with van der Waals surface area (Å²) in [5.74, 6) is -0.314. The average molecular weight is 189 g/mol. The molecule has 1 amide bonds. The van der Waals surface area contributed by atoms with E-state index in [1.54, 1.807) is 30.5 Å². The van der Waals surface area contributed by atoms with Crippen LogP contribution in [-0.2, 0) is 0 Å². The molecule has 1 aromatic heterocycles. The van der Waals surface area contributed by atoms with Gasteiger partial charge in [-0.1, -0.05) is 12.1 Å². The van der Waals surface area contributed by atoms with Gasteiger partial charge in [0, 0.05) is 12.4 Å². The third kappa shape index (κ3) is 3.18. The van der Waals surface area contributed by atoms with Crippen LogP contribution in [0.5, 0.6) is 0 Å². The van der Waals surface area contributed by atoms with E-state index in [-0.39, 0.29) is 5.91 Å². The summed E-state index contributed by atoms with van der Waals surface area (Å²) in [5, 5.41) is 3.69. The number of aromatic nitrogens is 1. The van der Waals surface area contributed by atoms with Gasteiger partial charge in [-0.3, -0.25) is 9.78 Å². The minimum Gasteiger partial charge on any atom is -0.266 e. The summed E-state index contributed by atoms with van der Waals surface area (Å²) in [4.78, 5) is 15.2. The fourth-order valence-electron chi connectivity index (χ4n) is 0.779. The van der Waals surface area contributed by atoms with E-state index in [1.165, 1.54) is 6.21 Å². The molecule has 0 fully saturated rings. The average Bonchev–Trinajstić information content (AvgIpc) is 2.25. The molecule has 0 aliphatic rings. The Labute approximate surface area is 82.4 Å². The molecule has 1 heterocycles. The van der Waals surface area contributed by atoms with Crippen molar-refractivity contribution in [3.05, 3.63) is 42.2 Å². The van der Waals surface area contributed by atoms with Crippen LogP contribution in [0.15, 0.2) is 41.6 Å². The molecule has 0 aromatic carbocycles. The highest BCUT2D eigenvalue weighted by Gasteiger charge is 2.02. The van der Waals surface area contributed by atoms with Gasteiger partial charge in [-0.25, -0.2) is 5.43 Å². The molecule has 0 atom stereocenters. The first kappa shape index (κ1) is 10.1. The molecule has 4 nitrogen and oxygen atoms in total. The van der Waals surface area contributed by atoms with Crippen LogP contribution in [-0.4, -0.2) is 17.1 Å². The molecule has 0 bridgehead atoms. The van der Waals surface area contributed by atoms with E-state index in [2.05, 4.69) is 15.5 Å². The van der Waals surface area contributed by atoms with Crippen LogP contribution in [0.1, 0.15) is 17.4 Å². The number of rotatable bonds is 3. The van der Waals surface area contributed by atoms with Gasteiger partial charge in [0.2, 0.25) is 0 Å². The fraction of sp³-hybridized carbons (Fsp3) is 0.100. The van der Waals surface area contributed by atoms with Crippen molar-refractivity contribution in [3.63, 3.8) is 0 Å². The van der Waals surface area contributed by atoms with Gasteiger partial charge in [-0.05, 0) is 25.1 Å². The second-order valence-corrected chi connectivity index (χ2v) is 2.46. The van der Waals surface area contributed by atoms with Crippen LogP contribution in [0.4, 0.5) is 0 Å². The minimum atomic E-state index is -0.314. The summed E-state index contributed by atoms with van der Waals surface area (Å²) >= 11 is 0. The molecule has 14 heavy (non-hydrogen) atoms. The first-order valence-corrected chi connectivity index (χ1v) is 4.20. The molecule has 1 rings (SSSR count). The van der Waals surface area contributed by atoms with E-state index in [1.807, 2.05) is 13.0 Å². The topological polar surface area (TPSA) is 54.4 Å². The van der Waals surface area contributed by atoms with E-state index in [0.29, 0.717) is 5.69 Å². The maximum absolute atomic E-state index is 11.3. The molecule has 0 unspecified atom stereocenters.